The van der Waals surface area contributed by atoms with Gasteiger partial charge in [-0.3, -0.25) is 4.79 Å². The lowest BCUT2D eigenvalue weighted by Crippen LogP contribution is -2.37. The average molecular weight is 270 g/mol. The second-order valence-corrected chi connectivity index (χ2v) is 5.25. The normalized spacial score (nSPS) is 14.3. The maximum absolute atomic E-state index is 12.4. The minimum Gasteiger partial charge on any atom is -0.467 e. The van der Waals surface area contributed by atoms with E-state index in [9.17, 15) is 4.79 Å². The molecule has 0 bridgehead atoms. The van der Waals surface area contributed by atoms with Crippen molar-refractivity contribution >= 4 is 5.91 Å². The Morgan fingerprint density at radius 2 is 2.00 bits per heavy atom. The lowest BCUT2D eigenvalue weighted by atomic mass is 10.1. The van der Waals surface area contributed by atoms with Gasteiger partial charge in [0.05, 0.1) is 12.1 Å². The molecule has 0 unspecified atom stereocenters. The second-order valence-electron chi connectivity index (χ2n) is 5.25. The number of fused-ring (bicyclic) bond motifs is 1. The summed E-state index contributed by atoms with van der Waals surface area (Å²) in [5.41, 5.74) is 8.75. The van der Waals surface area contributed by atoms with Gasteiger partial charge in [-0.15, -0.1) is 0 Å². The first-order valence-electron chi connectivity index (χ1n) is 6.80. The van der Waals surface area contributed by atoms with Crippen LogP contribution >= 0.6 is 0 Å². The number of benzene rings is 1. The number of amides is 1. The fourth-order valence-corrected chi connectivity index (χ4v) is 2.78. The van der Waals surface area contributed by atoms with Gasteiger partial charge in [0.25, 0.3) is 5.91 Å². The molecule has 1 heterocycles. The van der Waals surface area contributed by atoms with Crippen molar-refractivity contribution in [3.8, 4) is 0 Å². The van der Waals surface area contributed by atoms with Crippen molar-refractivity contribution in [1.82, 2.24) is 4.90 Å². The lowest BCUT2D eigenvalue weighted by Gasteiger charge is -2.23. The molecule has 20 heavy (non-hydrogen) atoms. The Morgan fingerprint density at radius 1 is 1.35 bits per heavy atom. The first kappa shape index (κ1) is 12.9. The van der Waals surface area contributed by atoms with Gasteiger partial charge in [-0.2, -0.15) is 0 Å². The molecule has 4 nitrogen and oxygen atoms in total. The third-order valence-corrected chi connectivity index (χ3v) is 4.00. The highest BCUT2D eigenvalue weighted by atomic mass is 16.3. The number of hydrogen-bond acceptors (Lipinski definition) is 3. The van der Waals surface area contributed by atoms with E-state index in [-0.39, 0.29) is 11.9 Å². The van der Waals surface area contributed by atoms with Crippen LogP contribution in [-0.2, 0) is 19.4 Å². The highest BCUT2D eigenvalue weighted by Crippen LogP contribution is 2.25. The summed E-state index contributed by atoms with van der Waals surface area (Å²) in [6.07, 6.45) is 3.32. The summed E-state index contributed by atoms with van der Waals surface area (Å²) in [5, 5.41) is 0. The predicted octanol–water partition coefficient (Wildman–Crippen LogP) is 1.98. The second kappa shape index (κ2) is 5.13. The van der Waals surface area contributed by atoms with Crippen molar-refractivity contribution in [3.63, 3.8) is 0 Å². The average Bonchev–Trinajstić information content (AvgIpc) is 3.11. The molecule has 0 radical (unpaired) electrons. The summed E-state index contributed by atoms with van der Waals surface area (Å²) in [5.74, 6) is 0.628. The number of rotatable bonds is 3. The molecule has 4 heteroatoms. The highest BCUT2D eigenvalue weighted by molar-refractivity contribution is 5.94. The van der Waals surface area contributed by atoms with Crippen LogP contribution in [0.5, 0.6) is 0 Å². The van der Waals surface area contributed by atoms with Crippen molar-refractivity contribution in [1.29, 1.82) is 0 Å². The fraction of sp³-hybridized carbons (Fsp3) is 0.312. The molecule has 0 fully saturated rings. The fourth-order valence-electron chi connectivity index (χ4n) is 2.78. The lowest BCUT2D eigenvalue weighted by molar-refractivity contribution is 0.0737. The molecule has 1 aliphatic rings. The highest BCUT2D eigenvalue weighted by Gasteiger charge is 2.28. The summed E-state index contributed by atoms with van der Waals surface area (Å²) >= 11 is 0. The molecule has 0 atom stereocenters. The molecule has 1 aromatic heterocycles. The monoisotopic (exact) mass is 270 g/mol. The molecule has 2 N–H and O–H groups in total. The van der Waals surface area contributed by atoms with E-state index in [1.54, 1.807) is 6.07 Å². The molecular weight excluding hydrogens is 252 g/mol. The van der Waals surface area contributed by atoms with E-state index in [0.29, 0.717) is 17.9 Å². The van der Waals surface area contributed by atoms with E-state index in [4.69, 9.17) is 10.2 Å². The Hall–Kier alpha value is -2.07. The summed E-state index contributed by atoms with van der Waals surface area (Å²) < 4.78 is 5.24. The zero-order chi connectivity index (χ0) is 14.1. The van der Waals surface area contributed by atoms with Crippen molar-refractivity contribution < 1.29 is 9.21 Å². The van der Waals surface area contributed by atoms with Crippen LogP contribution in [0.15, 0.2) is 41.0 Å². The van der Waals surface area contributed by atoms with E-state index in [2.05, 4.69) is 12.1 Å². The third kappa shape index (κ3) is 2.23. The number of nitrogens with zero attached hydrogens (tertiary/aromatic N) is 1. The van der Waals surface area contributed by atoms with E-state index in [0.717, 1.165) is 12.8 Å². The molecule has 0 saturated carbocycles. The van der Waals surface area contributed by atoms with Crippen LogP contribution in [0.1, 0.15) is 27.2 Å². The van der Waals surface area contributed by atoms with E-state index in [1.165, 1.54) is 17.4 Å². The Morgan fingerprint density at radius 3 is 2.55 bits per heavy atom. The van der Waals surface area contributed by atoms with Crippen LogP contribution in [0.25, 0.3) is 0 Å². The number of likely N-dealkylation sites (N-methyl/N-ethyl adjacent to an activating group) is 1. The first-order valence-corrected chi connectivity index (χ1v) is 6.80. The number of nitrogens with two attached hydrogens (primary N) is 1. The summed E-state index contributed by atoms with van der Waals surface area (Å²) in [6.45, 7) is 0.311. The maximum atomic E-state index is 12.4. The predicted molar refractivity (Wildman–Crippen MR) is 76.3 cm³/mol. The van der Waals surface area contributed by atoms with Gasteiger partial charge < -0.3 is 15.1 Å². The van der Waals surface area contributed by atoms with Gasteiger partial charge in [0, 0.05) is 13.1 Å². The van der Waals surface area contributed by atoms with E-state index < -0.39 is 0 Å². The molecule has 1 aromatic carbocycles. The van der Waals surface area contributed by atoms with Crippen molar-refractivity contribution in [2.24, 2.45) is 5.73 Å². The molecule has 3 rings (SSSR count). The Kier molecular flexibility index (Phi) is 3.32. The van der Waals surface area contributed by atoms with Gasteiger partial charge in [-0.05, 0) is 30.0 Å². The first-order chi connectivity index (χ1) is 9.69. The Balaban J connectivity index is 1.74. The van der Waals surface area contributed by atoms with Crippen LogP contribution in [0, 0.1) is 0 Å². The standard InChI is InChI=1S/C16H18N2O2/c1-18(16(19)13-8-15(9-17)20-10-13)14-6-11-4-2-3-5-12(11)7-14/h2-5,8,10,14H,6-7,9,17H2,1H3. The summed E-state index contributed by atoms with van der Waals surface area (Å²) in [6, 6.07) is 10.3. The number of carbonyl (C=O) groups is 1. The molecule has 1 aliphatic carbocycles. The quantitative estimate of drug-likeness (QED) is 0.927. The van der Waals surface area contributed by atoms with Gasteiger partial charge in [-0.1, -0.05) is 24.3 Å². The third-order valence-electron chi connectivity index (χ3n) is 4.00. The molecule has 2 aromatic rings. The summed E-state index contributed by atoms with van der Waals surface area (Å²) in [7, 11) is 1.86. The van der Waals surface area contributed by atoms with Gasteiger partial charge in [0.2, 0.25) is 0 Å². The minimum atomic E-state index is -0.00810. The van der Waals surface area contributed by atoms with Gasteiger partial charge in [0.15, 0.2) is 0 Å². The molecule has 0 saturated heterocycles. The maximum Gasteiger partial charge on any atom is 0.257 e. The van der Waals surface area contributed by atoms with Crippen molar-refractivity contribution in [3.05, 3.63) is 59.0 Å². The Labute approximate surface area is 118 Å². The minimum absolute atomic E-state index is 0.00810. The molecular formula is C16H18N2O2. The van der Waals surface area contributed by atoms with E-state index >= 15 is 0 Å². The number of carbonyl (C=O) groups excluding carboxylic acids is 1. The van der Waals surface area contributed by atoms with Gasteiger partial charge >= 0.3 is 0 Å². The topological polar surface area (TPSA) is 59.5 Å². The molecule has 0 spiro atoms. The van der Waals surface area contributed by atoms with Crippen LogP contribution in [0.2, 0.25) is 0 Å². The van der Waals surface area contributed by atoms with Crippen LogP contribution < -0.4 is 5.73 Å². The zero-order valence-corrected chi connectivity index (χ0v) is 11.5. The molecule has 104 valence electrons. The molecule has 0 aliphatic heterocycles. The Bertz CT molecular complexity index is 608. The van der Waals surface area contributed by atoms with Gasteiger partial charge in [0.1, 0.15) is 12.0 Å². The van der Waals surface area contributed by atoms with Crippen molar-refractivity contribution in [2.45, 2.75) is 25.4 Å². The van der Waals surface area contributed by atoms with Crippen molar-refractivity contribution in [2.75, 3.05) is 7.05 Å². The van der Waals surface area contributed by atoms with Crippen LogP contribution in [0.4, 0.5) is 0 Å². The van der Waals surface area contributed by atoms with Crippen LogP contribution in [-0.4, -0.2) is 23.9 Å². The number of hydrogen-bond donors (Lipinski definition) is 1. The zero-order valence-electron chi connectivity index (χ0n) is 11.5. The van der Waals surface area contributed by atoms with E-state index in [1.807, 2.05) is 24.1 Å². The molecule has 1 amide bonds. The SMILES string of the molecule is CN(C(=O)c1coc(CN)c1)C1Cc2ccccc2C1. The summed E-state index contributed by atoms with van der Waals surface area (Å²) in [4.78, 5) is 14.2. The van der Waals surface area contributed by atoms with Gasteiger partial charge in [-0.25, -0.2) is 0 Å². The largest absolute Gasteiger partial charge is 0.467 e. The number of furan rings is 1. The smallest absolute Gasteiger partial charge is 0.257 e. The van der Waals surface area contributed by atoms with Crippen LogP contribution in [0.3, 0.4) is 0 Å².